The first kappa shape index (κ1) is 15.8. The molecule has 1 heterocycles. The zero-order valence-corrected chi connectivity index (χ0v) is 14.6. The number of nitrogens with zero attached hydrogens (tertiary/aromatic N) is 2. The minimum absolute atomic E-state index is 0.109. The van der Waals surface area contributed by atoms with Crippen LogP contribution in [0.25, 0.3) is 16.9 Å². The topological polar surface area (TPSA) is 67.7 Å². The maximum Gasteiger partial charge on any atom is 0.151 e. The average Bonchev–Trinajstić information content (AvgIpc) is 2.98. The summed E-state index contributed by atoms with van der Waals surface area (Å²) in [4.78, 5) is 0. The fourth-order valence-electron chi connectivity index (χ4n) is 2.26. The third kappa shape index (κ3) is 3.83. The summed E-state index contributed by atoms with van der Waals surface area (Å²) in [5.41, 5.74) is 9.48. The van der Waals surface area contributed by atoms with Crippen LogP contribution in [-0.2, 0) is 5.75 Å². The summed E-state index contributed by atoms with van der Waals surface area (Å²) in [7, 11) is 0. The number of benzene rings is 2. The standard InChI is InChI=1S/C17H15BrN4S/c18-14-6-4-5-12(9-14)16-13(11-23-17(19)20)10-22(21-16)15-7-2-1-3-8-15/h1-10H,11H2,(H3,19,20). The van der Waals surface area contributed by atoms with Crippen LogP contribution >= 0.6 is 27.7 Å². The van der Waals surface area contributed by atoms with Crippen molar-refractivity contribution in [3.63, 3.8) is 0 Å². The third-order valence-electron chi connectivity index (χ3n) is 3.29. The molecule has 0 atom stereocenters. The molecule has 0 saturated heterocycles. The van der Waals surface area contributed by atoms with Gasteiger partial charge in [0, 0.05) is 27.5 Å². The van der Waals surface area contributed by atoms with E-state index >= 15 is 0 Å². The molecule has 0 radical (unpaired) electrons. The van der Waals surface area contributed by atoms with Crippen LogP contribution in [0.15, 0.2) is 65.3 Å². The van der Waals surface area contributed by atoms with E-state index < -0.39 is 0 Å². The van der Waals surface area contributed by atoms with Crippen LogP contribution < -0.4 is 5.73 Å². The lowest BCUT2D eigenvalue weighted by atomic mass is 10.1. The first-order valence-electron chi connectivity index (χ1n) is 7.00. The predicted octanol–water partition coefficient (Wildman–Crippen LogP) is 4.43. The van der Waals surface area contributed by atoms with Crippen LogP contribution in [0, 0.1) is 5.41 Å². The van der Waals surface area contributed by atoms with Crippen molar-refractivity contribution >= 4 is 32.9 Å². The van der Waals surface area contributed by atoms with E-state index in [1.54, 1.807) is 0 Å². The van der Waals surface area contributed by atoms with E-state index in [4.69, 9.17) is 16.2 Å². The van der Waals surface area contributed by atoms with Crippen molar-refractivity contribution in [2.75, 3.05) is 0 Å². The lowest BCUT2D eigenvalue weighted by molar-refractivity contribution is 0.884. The minimum atomic E-state index is 0.109. The van der Waals surface area contributed by atoms with Gasteiger partial charge in [-0.15, -0.1) is 0 Å². The Morgan fingerprint density at radius 1 is 1.17 bits per heavy atom. The van der Waals surface area contributed by atoms with Gasteiger partial charge in [0.05, 0.1) is 11.4 Å². The molecule has 6 heteroatoms. The molecule has 0 saturated carbocycles. The number of rotatable bonds is 4. The van der Waals surface area contributed by atoms with E-state index in [-0.39, 0.29) is 5.17 Å². The Morgan fingerprint density at radius 3 is 2.65 bits per heavy atom. The molecule has 0 aliphatic carbocycles. The Kier molecular flexibility index (Phi) is 4.83. The van der Waals surface area contributed by atoms with Gasteiger partial charge in [-0.05, 0) is 24.3 Å². The Balaban J connectivity index is 2.05. The van der Waals surface area contributed by atoms with Crippen molar-refractivity contribution < 1.29 is 0 Å². The molecule has 0 aliphatic rings. The van der Waals surface area contributed by atoms with E-state index in [2.05, 4.69) is 15.9 Å². The SMILES string of the molecule is N=C(N)SCc1cn(-c2ccccc2)nc1-c1cccc(Br)c1. The minimum Gasteiger partial charge on any atom is -0.379 e. The molecule has 0 spiro atoms. The Labute approximate surface area is 147 Å². The predicted molar refractivity (Wildman–Crippen MR) is 99.9 cm³/mol. The quantitative estimate of drug-likeness (QED) is 0.514. The third-order valence-corrected chi connectivity index (χ3v) is 4.55. The van der Waals surface area contributed by atoms with Crippen LogP contribution in [0.1, 0.15) is 5.56 Å². The number of para-hydroxylation sites is 1. The number of thioether (sulfide) groups is 1. The van der Waals surface area contributed by atoms with Gasteiger partial charge in [-0.1, -0.05) is 58.0 Å². The van der Waals surface area contributed by atoms with Crippen molar-refractivity contribution in [1.82, 2.24) is 9.78 Å². The number of hydrogen-bond acceptors (Lipinski definition) is 3. The fraction of sp³-hybridized carbons (Fsp3) is 0.0588. The van der Waals surface area contributed by atoms with E-state index in [9.17, 15) is 0 Å². The average molecular weight is 387 g/mol. The summed E-state index contributed by atoms with van der Waals surface area (Å²) < 4.78 is 2.88. The lowest BCUT2D eigenvalue weighted by Gasteiger charge is -2.02. The van der Waals surface area contributed by atoms with Crippen molar-refractivity contribution in [3.05, 3.63) is 70.8 Å². The second kappa shape index (κ2) is 7.02. The van der Waals surface area contributed by atoms with Crippen molar-refractivity contribution in [2.45, 2.75) is 5.75 Å². The number of nitrogens with two attached hydrogens (primary N) is 1. The van der Waals surface area contributed by atoms with E-state index in [1.165, 1.54) is 11.8 Å². The van der Waals surface area contributed by atoms with Crippen molar-refractivity contribution in [3.8, 4) is 16.9 Å². The number of halogens is 1. The molecule has 23 heavy (non-hydrogen) atoms. The molecule has 2 aromatic carbocycles. The largest absolute Gasteiger partial charge is 0.379 e. The van der Waals surface area contributed by atoms with E-state index in [0.29, 0.717) is 5.75 Å². The van der Waals surface area contributed by atoms with Crippen LogP contribution in [0.5, 0.6) is 0 Å². The molecule has 0 aliphatic heterocycles. The lowest BCUT2D eigenvalue weighted by Crippen LogP contribution is -2.03. The Bertz CT molecular complexity index is 830. The van der Waals surface area contributed by atoms with Crippen molar-refractivity contribution in [2.24, 2.45) is 5.73 Å². The zero-order valence-electron chi connectivity index (χ0n) is 12.2. The van der Waals surface area contributed by atoms with Crippen LogP contribution in [-0.4, -0.2) is 14.9 Å². The highest BCUT2D eigenvalue weighted by Crippen LogP contribution is 2.28. The van der Waals surface area contributed by atoms with Gasteiger partial charge in [0.2, 0.25) is 0 Å². The fourth-order valence-corrected chi connectivity index (χ4v) is 3.18. The van der Waals surface area contributed by atoms with Crippen LogP contribution in [0.3, 0.4) is 0 Å². The van der Waals surface area contributed by atoms with E-state index in [1.807, 2.05) is 65.5 Å². The van der Waals surface area contributed by atoms with Gasteiger partial charge in [0.1, 0.15) is 0 Å². The second-order valence-corrected chi connectivity index (χ2v) is 6.88. The van der Waals surface area contributed by atoms with Gasteiger partial charge in [0.25, 0.3) is 0 Å². The Morgan fingerprint density at radius 2 is 1.96 bits per heavy atom. The first-order valence-corrected chi connectivity index (χ1v) is 8.78. The summed E-state index contributed by atoms with van der Waals surface area (Å²) in [6.45, 7) is 0. The van der Waals surface area contributed by atoms with Crippen LogP contribution in [0.4, 0.5) is 0 Å². The van der Waals surface area contributed by atoms with Gasteiger partial charge >= 0.3 is 0 Å². The summed E-state index contributed by atoms with van der Waals surface area (Å²) in [6.07, 6.45) is 2.00. The van der Waals surface area contributed by atoms with Gasteiger partial charge < -0.3 is 5.73 Å². The molecule has 0 unspecified atom stereocenters. The number of aromatic nitrogens is 2. The maximum absolute atomic E-state index is 7.43. The molecular formula is C17H15BrN4S. The summed E-state index contributed by atoms with van der Waals surface area (Å²) in [6, 6.07) is 18.0. The molecule has 1 aromatic heterocycles. The number of amidine groups is 1. The second-order valence-electron chi connectivity index (χ2n) is 4.95. The number of nitrogens with one attached hydrogen (secondary N) is 1. The number of hydrogen-bond donors (Lipinski definition) is 2. The summed E-state index contributed by atoms with van der Waals surface area (Å²) in [5, 5.41) is 12.3. The molecular weight excluding hydrogens is 372 g/mol. The van der Waals surface area contributed by atoms with Gasteiger partial charge in [0.15, 0.2) is 5.17 Å². The van der Waals surface area contributed by atoms with E-state index in [0.717, 1.165) is 27.0 Å². The monoisotopic (exact) mass is 386 g/mol. The highest BCUT2D eigenvalue weighted by Gasteiger charge is 2.13. The maximum atomic E-state index is 7.43. The van der Waals surface area contributed by atoms with Gasteiger partial charge in [-0.3, -0.25) is 5.41 Å². The molecule has 116 valence electrons. The zero-order chi connectivity index (χ0) is 16.2. The molecule has 0 amide bonds. The summed E-state index contributed by atoms with van der Waals surface area (Å²) >= 11 is 4.81. The highest BCUT2D eigenvalue weighted by atomic mass is 79.9. The van der Waals surface area contributed by atoms with Crippen LogP contribution in [0.2, 0.25) is 0 Å². The highest BCUT2D eigenvalue weighted by molar-refractivity contribution is 9.10. The van der Waals surface area contributed by atoms with Crippen molar-refractivity contribution in [1.29, 1.82) is 5.41 Å². The van der Waals surface area contributed by atoms with Gasteiger partial charge in [-0.2, -0.15) is 5.10 Å². The normalized spacial score (nSPS) is 10.7. The molecule has 0 bridgehead atoms. The van der Waals surface area contributed by atoms with Gasteiger partial charge in [-0.25, -0.2) is 4.68 Å². The first-order chi connectivity index (χ1) is 11.1. The Hall–Kier alpha value is -2.05. The molecule has 4 nitrogen and oxygen atoms in total. The molecule has 3 aromatic rings. The molecule has 0 fully saturated rings. The smallest absolute Gasteiger partial charge is 0.151 e. The molecule has 3 rings (SSSR count). The molecule has 3 N–H and O–H groups in total. The summed E-state index contributed by atoms with van der Waals surface area (Å²) in [5.74, 6) is 0.615.